The average Bonchev–Trinajstić information content (AvgIpc) is 3.12. The molecule has 0 radical (unpaired) electrons. The number of carbonyl (C=O) groups excluding carboxylic acids is 1. The van der Waals surface area contributed by atoms with Crippen LogP contribution in [0.4, 0.5) is 5.69 Å². The van der Waals surface area contributed by atoms with E-state index in [4.69, 9.17) is 14.0 Å². The van der Waals surface area contributed by atoms with E-state index in [1.165, 1.54) is 11.8 Å². The molecular formula is C20H21N3O4S. The van der Waals surface area contributed by atoms with Crippen molar-refractivity contribution in [3.8, 4) is 11.5 Å². The maximum atomic E-state index is 12.9. The van der Waals surface area contributed by atoms with Crippen molar-refractivity contribution in [2.75, 3.05) is 19.5 Å². The van der Waals surface area contributed by atoms with Gasteiger partial charge < -0.3 is 19.3 Å². The molecule has 0 spiro atoms. The molecule has 0 saturated carbocycles. The van der Waals surface area contributed by atoms with Gasteiger partial charge in [0.2, 0.25) is 5.89 Å². The van der Waals surface area contributed by atoms with Gasteiger partial charge in [-0.15, -0.1) is 11.8 Å². The van der Waals surface area contributed by atoms with Gasteiger partial charge in [0, 0.05) is 16.6 Å². The predicted octanol–water partition coefficient (Wildman–Crippen LogP) is 4.25. The number of methoxy groups -OCH3 is 2. The monoisotopic (exact) mass is 399 g/mol. The summed E-state index contributed by atoms with van der Waals surface area (Å²) in [6, 6.07) is 11.0. The number of nitrogens with one attached hydrogen (secondary N) is 1. The van der Waals surface area contributed by atoms with Crippen LogP contribution >= 0.6 is 11.8 Å². The van der Waals surface area contributed by atoms with E-state index in [2.05, 4.69) is 15.5 Å². The van der Waals surface area contributed by atoms with Crippen molar-refractivity contribution in [2.45, 2.75) is 24.5 Å². The van der Waals surface area contributed by atoms with Gasteiger partial charge in [0.05, 0.1) is 25.5 Å². The minimum Gasteiger partial charge on any atom is -0.493 e. The number of nitrogens with zero attached hydrogens (tertiary/aromatic N) is 2. The molecule has 1 amide bonds. The summed E-state index contributed by atoms with van der Waals surface area (Å²) in [4.78, 5) is 17.9. The fourth-order valence-corrected chi connectivity index (χ4v) is 3.51. The van der Waals surface area contributed by atoms with Gasteiger partial charge in [-0.05, 0) is 37.6 Å². The lowest BCUT2D eigenvalue weighted by Crippen LogP contribution is -2.14. The Balaban J connectivity index is 1.79. The maximum absolute atomic E-state index is 12.9. The first-order valence-electron chi connectivity index (χ1n) is 8.56. The highest BCUT2D eigenvalue weighted by atomic mass is 32.2. The van der Waals surface area contributed by atoms with Gasteiger partial charge in [0.25, 0.3) is 5.91 Å². The van der Waals surface area contributed by atoms with E-state index < -0.39 is 0 Å². The van der Waals surface area contributed by atoms with Gasteiger partial charge in [-0.1, -0.05) is 17.3 Å². The Morgan fingerprint density at radius 1 is 1.14 bits per heavy atom. The van der Waals surface area contributed by atoms with E-state index >= 15 is 0 Å². The second-order valence-electron chi connectivity index (χ2n) is 6.00. The van der Waals surface area contributed by atoms with Crippen molar-refractivity contribution in [2.24, 2.45) is 0 Å². The first-order chi connectivity index (χ1) is 13.5. The molecule has 0 aliphatic heterocycles. The Bertz CT molecular complexity index is 987. The summed E-state index contributed by atoms with van der Waals surface area (Å²) in [5, 5.41) is 6.74. The van der Waals surface area contributed by atoms with Crippen molar-refractivity contribution in [3.63, 3.8) is 0 Å². The van der Waals surface area contributed by atoms with Gasteiger partial charge in [0.1, 0.15) is 0 Å². The lowest BCUT2D eigenvalue weighted by atomic mass is 10.1. The summed E-state index contributed by atoms with van der Waals surface area (Å²) in [6.07, 6.45) is 0. The van der Waals surface area contributed by atoms with E-state index in [1.807, 2.05) is 31.2 Å². The fourth-order valence-electron chi connectivity index (χ4n) is 2.62. The Hall–Kier alpha value is -3.00. The number of aromatic nitrogens is 2. The first kappa shape index (κ1) is 19.8. The highest BCUT2D eigenvalue weighted by Crippen LogP contribution is 2.33. The molecule has 2 aromatic carbocycles. The number of rotatable bonds is 7. The van der Waals surface area contributed by atoms with Gasteiger partial charge in [-0.25, -0.2) is 0 Å². The van der Waals surface area contributed by atoms with E-state index in [0.29, 0.717) is 40.2 Å². The lowest BCUT2D eigenvalue weighted by Gasteiger charge is -2.14. The molecule has 0 fully saturated rings. The van der Waals surface area contributed by atoms with Crippen molar-refractivity contribution in [3.05, 3.63) is 59.2 Å². The Kier molecular flexibility index (Phi) is 6.20. The number of hydrogen-bond acceptors (Lipinski definition) is 7. The summed E-state index contributed by atoms with van der Waals surface area (Å²) in [7, 11) is 3.14. The van der Waals surface area contributed by atoms with Crippen LogP contribution in [0.2, 0.25) is 0 Å². The molecule has 0 unspecified atom stereocenters. The topological polar surface area (TPSA) is 86.5 Å². The van der Waals surface area contributed by atoms with Crippen molar-refractivity contribution < 1.29 is 18.8 Å². The highest BCUT2D eigenvalue weighted by Gasteiger charge is 2.16. The van der Waals surface area contributed by atoms with Crippen LogP contribution in [0.5, 0.6) is 11.5 Å². The summed E-state index contributed by atoms with van der Waals surface area (Å²) in [5.74, 6) is 2.56. The van der Waals surface area contributed by atoms with Crippen LogP contribution in [-0.2, 0) is 5.75 Å². The number of thioether (sulfide) groups is 1. The zero-order chi connectivity index (χ0) is 20.1. The zero-order valence-electron chi connectivity index (χ0n) is 16.1. The molecule has 0 bridgehead atoms. The molecule has 1 heterocycles. The molecule has 146 valence electrons. The smallest absolute Gasteiger partial charge is 0.256 e. The van der Waals surface area contributed by atoms with Crippen molar-refractivity contribution in [1.82, 2.24) is 10.1 Å². The largest absolute Gasteiger partial charge is 0.493 e. The minimum absolute atomic E-state index is 0.208. The number of anilines is 1. The van der Waals surface area contributed by atoms with Crippen LogP contribution < -0.4 is 14.8 Å². The maximum Gasteiger partial charge on any atom is 0.256 e. The van der Waals surface area contributed by atoms with Crippen molar-refractivity contribution in [1.29, 1.82) is 0 Å². The standard InChI is InChI=1S/C20H21N3O4S/c1-12-9-16(25-3)17(26-4)10-15(12)22-20(24)14-7-5-6-8-18(14)28-11-19-21-13(2)23-27-19/h5-10H,11H2,1-4H3,(H,22,24). The van der Waals surface area contributed by atoms with E-state index in [0.717, 1.165) is 10.5 Å². The fraction of sp³-hybridized carbons (Fsp3) is 0.250. The van der Waals surface area contributed by atoms with Crippen LogP contribution in [0.3, 0.4) is 0 Å². The van der Waals surface area contributed by atoms with Crippen molar-refractivity contribution >= 4 is 23.4 Å². The summed E-state index contributed by atoms with van der Waals surface area (Å²) >= 11 is 1.47. The van der Waals surface area contributed by atoms with E-state index in [9.17, 15) is 4.79 Å². The molecule has 1 N–H and O–H groups in total. The van der Waals surface area contributed by atoms with Gasteiger partial charge in [-0.2, -0.15) is 4.98 Å². The average molecular weight is 399 g/mol. The molecule has 3 aromatic rings. The van der Waals surface area contributed by atoms with Gasteiger partial charge in [0.15, 0.2) is 17.3 Å². The highest BCUT2D eigenvalue weighted by molar-refractivity contribution is 7.98. The molecule has 0 aliphatic rings. The Morgan fingerprint density at radius 2 is 1.86 bits per heavy atom. The van der Waals surface area contributed by atoms with Crippen LogP contribution in [-0.4, -0.2) is 30.3 Å². The van der Waals surface area contributed by atoms with Crippen LogP contribution in [0.15, 0.2) is 45.8 Å². The van der Waals surface area contributed by atoms with Crippen LogP contribution in [0.1, 0.15) is 27.6 Å². The molecule has 28 heavy (non-hydrogen) atoms. The number of hydrogen-bond donors (Lipinski definition) is 1. The molecular weight excluding hydrogens is 378 g/mol. The van der Waals surface area contributed by atoms with Gasteiger partial charge in [-0.3, -0.25) is 4.79 Å². The quantitative estimate of drug-likeness (QED) is 0.594. The molecule has 0 atom stereocenters. The minimum atomic E-state index is -0.208. The van der Waals surface area contributed by atoms with E-state index in [-0.39, 0.29) is 5.91 Å². The Morgan fingerprint density at radius 3 is 2.54 bits per heavy atom. The molecule has 3 rings (SSSR count). The van der Waals surface area contributed by atoms with E-state index in [1.54, 1.807) is 33.3 Å². The number of aryl methyl sites for hydroxylation is 2. The molecule has 8 heteroatoms. The molecule has 7 nitrogen and oxygen atoms in total. The zero-order valence-corrected chi connectivity index (χ0v) is 16.9. The van der Waals surface area contributed by atoms with Crippen LogP contribution in [0, 0.1) is 13.8 Å². The molecule has 0 aliphatic carbocycles. The predicted molar refractivity (Wildman–Crippen MR) is 107 cm³/mol. The molecule has 0 saturated heterocycles. The lowest BCUT2D eigenvalue weighted by molar-refractivity contribution is 0.102. The number of ether oxygens (including phenoxy) is 2. The third-order valence-corrected chi connectivity index (χ3v) is 5.09. The van der Waals surface area contributed by atoms with Crippen LogP contribution in [0.25, 0.3) is 0 Å². The Labute approximate surface area is 167 Å². The third kappa shape index (κ3) is 4.45. The SMILES string of the molecule is COc1cc(C)c(NC(=O)c2ccccc2SCc2nc(C)no2)cc1OC. The summed E-state index contributed by atoms with van der Waals surface area (Å²) in [6.45, 7) is 3.67. The number of benzene rings is 2. The number of amides is 1. The second kappa shape index (κ2) is 8.79. The van der Waals surface area contributed by atoms with Gasteiger partial charge >= 0.3 is 0 Å². The number of carbonyl (C=O) groups is 1. The third-order valence-electron chi connectivity index (χ3n) is 4.03. The normalized spacial score (nSPS) is 10.6. The second-order valence-corrected chi connectivity index (χ2v) is 7.01. The first-order valence-corrected chi connectivity index (χ1v) is 9.55. The summed E-state index contributed by atoms with van der Waals surface area (Å²) in [5.41, 5.74) is 2.10. The molecule has 1 aromatic heterocycles. The summed E-state index contributed by atoms with van der Waals surface area (Å²) < 4.78 is 15.8.